The zero-order chi connectivity index (χ0) is 23.4. The van der Waals surface area contributed by atoms with E-state index >= 15 is 0 Å². The second-order valence-corrected chi connectivity index (χ2v) is 9.46. The third-order valence-corrected chi connectivity index (χ3v) is 7.04. The fourth-order valence-electron chi connectivity index (χ4n) is 5.28. The van der Waals surface area contributed by atoms with Crippen molar-refractivity contribution in [1.82, 2.24) is 19.5 Å². The first-order valence-electron chi connectivity index (χ1n) is 11.8. The first kappa shape index (κ1) is 20.8. The SMILES string of the molecule is CC(=O)OCC1Cc2c(cccc2-c2ncnc3c2ncn3CC2CC2)-c2c(O)ccc(C)c21. The average molecular weight is 455 g/mol. The van der Waals surface area contributed by atoms with Gasteiger partial charge in [-0.15, -0.1) is 0 Å². The lowest BCUT2D eigenvalue weighted by Gasteiger charge is -2.31. The molecule has 2 aromatic carbocycles. The summed E-state index contributed by atoms with van der Waals surface area (Å²) in [6.07, 6.45) is 6.66. The first-order valence-corrected chi connectivity index (χ1v) is 11.8. The van der Waals surface area contributed by atoms with Crippen molar-refractivity contribution >= 4 is 17.1 Å². The molecule has 1 saturated carbocycles. The summed E-state index contributed by atoms with van der Waals surface area (Å²) in [5.74, 6) is 0.569. The van der Waals surface area contributed by atoms with E-state index in [1.165, 1.54) is 19.8 Å². The van der Waals surface area contributed by atoms with Gasteiger partial charge in [0.05, 0.1) is 12.9 Å². The van der Waals surface area contributed by atoms with Crippen molar-refractivity contribution in [3.63, 3.8) is 0 Å². The standard InChI is InChI=1S/C27H26N4O3/c1-15-6-9-22(33)24-19-4-3-5-20(21(19)10-18(23(15)24)12-34-16(2)32)25-26-27(29-13-28-25)31(14-30-26)11-17-7-8-17/h3-6,9,13-14,17-18,33H,7-8,10-12H2,1-2H3. The van der Waals surface area contributed by atoms with Crippen LogP contribution < -0.4 is 0 Å². The lowest BCUT2D eigenvalue weighted by molar-refractivity contribution is -0.141. The molecule has 1 N–H and O–H groups in total. The van der Waals surface area contributed by atoms with E-state index in [2.05, 4.69) is 20.6 Å². The summed E-state index contributed by atoms with van der Waals surface area (Å²) in [6.45, 7) is 4.66. The van der Waals surface area contributed by atoms with Crippen molar-refractivity contribution in [1.29, 1.82) is 0 Å². The molecule has 6 rings (SSSR count). The first-order chi connectivity index (χ1) is 16.5. The lowest BCUT2D eigenvalue weighted by atomic mass is 9.75. The molecule has 172 valence electrons. The summed E-state index contributed by atoms with van der Waals surface area (Å²) in [6, 6.07) is 9.76. The highest BCUT2D eigenvalue weighted by molar-refractivity contribution is 5.92. The molecule has 2 heterocycles. The Morgan fingerprint density at radius 1 is 1.15 bits per heavy atom. The van der Waals surface area contributed by atoms with Gasteiger partial charge < -0.3 is 14.4 Å². The number of phenols is 1. The number of nitrogens with zero attached hydrogens (tertiary/aromatic N) is 4. The van der Waals surface area contributed by atoms with Gasteiger partial charge in [0.2, 0.25) is 0 Å². The predicted octanol–water partition coefficient (Wildman–Crippen LogP) is 4.79. The molecule has 7 heteroatoms. The number of aromatic hydroxyl groups is 1. The van der Waals surface area contributed by atoms with Crippen LogP contribution in [0.25, 0.3) is 33.5 Å². The molecule has 0 aliphatic heterocycles. The highest BCUT2D eigenvalue weighted by Crippen LogP contribution is 2.48. The van der Waals surface area contributed by atoms with Crippen molar-refractivity contribution in [2.45, 2.75) is 45.6 Å². The summed E-state index contributed by atoms with van der Waals surface area (Å²) in [5, 5.41) is 10.9. The van der Waals surface area contributed by atoms with E-state index in [1.54, 1.807) is 12.4 Å². The van der Waals surface area contributed by atoms with Gasteiger partial charge >= 0.3 is 5.97 Å². The number of rotatable bonds is 5. The number of phenolic OH excluding ortho intramolecular Hbond substituents is 1. The Labute approximate surface area is 197 Å². The van der Waals surface area contributed by atoms with Crippen LogP contribution in [-0.4, -0.2) is 37.2 Å². The molecular formula is C27H26N4O3. The van der Waals surface area contributed by atoms with Gasteiger partial charge in [0.25, 0.3) is 0 Å². The molecule has 0 bridgehead atoms. The summed E-state index contributed by atoms with van der Waals surface area (Å²) >= 11 is 0. The van der Waals surface area contributed by atoms with E-state index in [1.807, 2.05) is 31.5 Å². The van der Waals surface area contributed by atoms with Crippen LogP contribution >= 0.6 is 0 Å². The minimum atomic E-state index is -0.308. The molecule has 2 aliphatic carbocycles. The van der Waals surface area contributed by atoms with E-state index < -0.39 is 0 Å². The molecule has 1 unspecified atom stereocenters. The normalized spacial score (nSPS) is 16.8. The monoisotopic (exact) mass is 454 g/mol. The molecule has 1 fully saturated rings. The maximum Gasteiger partial charge on any atom is 0.302 e. The van der Waals surface area contributed by atoms with Gasteiger partial charge in [0.1, 0.15) is 23.3 Å². The van der Waals surface area contributed by atoms with Crippen LogP contribution in [-0.2, 0) is 22.5 Å². The zero-order valence-corrected chi connectivity index (χ0v) is 19.3. The van der Waals surface area contributed by atoms with Crippen LogP contribution in [0.1, 0.15) is 42.4 Å². The van der Waals surface area contributed by atoms with Gasteiger partial charge in [0, 0.05) is 30.5 Å². The summed E-state index contributed by atoms with van der Waals surface area (Å²) in [7, 11) is 0. The number of fused-ring (bicyclic) bond motifs is 4. The third kappa shape index (κ3) is 3.43. The molecule has 1 atom stereocenters. The van der Waals surface area contributed by atoms with Crippen molar-refractivity contribution in [2.75, 3.05) is 6.61 Å². The largest absolute Gasteiger partial charge is 0.507 e. The minimum Gasteiger partial charge on any atom is -0.507 e. The van der Waals surface area contributed by atoms with Gasteiger partial charge in [0.15, 0.2) is 5.65 Å². The molecule has 34 heavy (non-hydrogen) atoms. The van der Waals surface area contributed by atoms with Crippen LogP contribution in [0.2, 0.25) is 0 Å². The molecule has 0 radical (unpaired) electrons. The molecule has 2 aliphatic rings. The average Bonchev–Trinajstić information content (AvgIpc) is 3.56. The number of benzene rings is 2. The minimum absolute atomic E-state index is 0.0654. The van der Waals surface area contributed by atoms with Gasteiger partial charge in [-0.1, -0.05) is 24.3 Å². The Morgan fingerprint density at radius 2 is 1.97 bits per heavy atom. The fraction of sp³-hybridized carbons (Fsp3) is 0.333. The maximum atomic E-state index is 11.6. The number of ether oxygens (including phenoxy) is 1. The van der Waals surface area contributed by atoms with Crippen LogP contribution in [0.3, 0.4) is 0 Å². The summed E-state index contributed by atoms with van der Waals surface area (Å²) in [5.41, 5.74) is 8.37. The number of hydrogen-bond acceptors (Lipinski definition) is 6. The van der Waals surface area contributed by atoms with Crippen molar-refractivity contribution < 1.29 is 14.6 Å². The zero-order valence-electron chi connectivity index (χ0n) is 19.3. The quantitative estimate of drug-likeness (QED) is 0.436. The summed E-state index contributed by atoms with van der Waals surface area (Å²) < 4.78 is 7.57. The second kappa shape index (κ2) is 7.94. The molecule has 0 amide bonds. The number of aromatic nitrogens is 4. The Morgan fingerprint density at radius 3 is 2.76 bits per heavy atom. The number of esters is 1. The molecule has 0 saturated heterocycles. The Bertz CT molecular complexity index is 1440. The molecule has 7 nitrogen and oxygen atoms in total. The number of carbonyl (C=O) groups is 1. The van der Waals surface area contributed by atoms with Gasteiger partial charge in [-0.3, -0.25) is 4.79 Å². The Hall–Kier alpha value is -3.74. The lowest BCUT2D eigenvalue weighted by Crippen LogP contribution is -2.20. The van der Waals surface area contributed by atoms with E-state index in [0.717, 1.165) is 56.8 Å². The van der Waals surface area contributed by atoms with E-state index in [4.69, 9.17) is 9.72 Å². The summed E-state index contributed by atoms with van der Waals surface area (Å²) in [4.78, 5) is 25.5. The molecular weight excluding hydrogens is 428 g/mol. The molecule has 0 spiro atoms. The number of aryl methyl sites for hydroxylation is 1. The smallest absolute Gasteiger partial charge is 0.302 e. The number of imidazole rings is 1. The van der Waals surface area contributed by atoms with Crippen LogP contribution in [0.5, 0.6) is 5.75 Å². The predicted molar refractivity (Wildman–Crippen MR) is 128 cm³/mol. The number of hydrogen-bond donors (Lipinski definition) is 1. The number of carbonyl (C=O) groups excluding carboxylic acids is 1. The van der Waals surface area contributed by atoms with Gasteiger partial charge in [-0.2, -0.15) is 0 Å². The highest BCUT2D eigenvalue weighted by atomic mass is 16.5. The topological polar surface area (TPSA) is 90.1 Å². The Kier molecular flexibility index (Phi) is 4.86. The maximum absolute atomic E-state index is 11.6. The fourth-order valence-corrected chi connectivity index (χ4v) is 5.28. The van der Waals surface area contributed by atoms with Crippen LogP contribution in [0, 0.1) is 12.8 Å². The van der Waals surface area contributed by atoms with Crippen molar-refractivity contribution in [3.8, 4) is 28.1 Å². The van der Waals surface area contributed by atoms with E-state index in [-0.39, 0.29) is 24.2 Å². The van der Waals surface area contributed by atoms with Crippen LogP contribution in [0.4, 0.5) is 0 Å². The highest BCUT2D eigenvalue weighted by Gasteiger charge is 2.32. The van der Waals surface area contributed by atoms with E-state index in [0.29, 0.717) is 12.3 Å². The molecule has 2 aromatic heterocycles. The van der Waals surface area contributed by atoms with Gasteiger partial charge in [-0.05, 0) is 60.4 Å². The third-order valence-electron chi connectivity index (χ3n) is 7.04. The van der Waals surface area contributed by atoms with Crippen LogP contribution in [0.15, 0.2) is 43.0 Å². The van der Waals surface area contributed by atoms with Gasteiger partial charge in [-0.25, -0.2) is 15.0 Å². The van der Waals surface area contributed by atoms with E-state index in [9.17, 15) is 9.90 Å². The van der Waals surface area contributed by atoms with Crippen molar-refractivity contribution in [3.05, 3.63) is 59.7 Å². The van der Waals surface area contributed by atoms with Crippen molar-refractivity contribution in [2.24, 2.45) is 5.92 Å². The second-order valence-electron chi connectivity index (χ2n) is 9.46. The Balaban J connectivity index is 1.53. The molecule has 4 aromatic rings.